The van der Waals surface area contributed by atoms with E-state index < -0.39 is 0 Å². The van der Waals surface area contributed by atoms with Crippen LogP contribution in [0.15, 0.2) is 24.3 Å². The number of hydrogen-bond donors (Lipinski definition) is 1. The minimum absolute atomic E-state index is 0.274. The first kappa shape index (κ1) is 13.6. The molecular weight excluding hydrogens is 216 g/mol. The Bertz CT molecular complexity index is 277. The van der Waals surface area contributed by atoms with Gasteiger partial charge < -0.3 is 5.11 Å². The zero-order chi connectivity index (χ0) is 11.8. The summed E-state index contributed by atoms with van der Waals surface area (Å²) in [6.07, 6.45) is 2.43. The highest BCUT2D eigenvalue weighted by Crippen LogP contribution is 2.23. The maximum atomic E-state index is 8.70. The van der Waals surface area contributed by atoms with E-state index in [9.17, 15) is 0 Å². The largest absolute Gasteiger partial charge is 0.396 e. The second-order valence-corrected chi connectivity index (χ2v) is 5.14. The standard InChI is InChI=1S/C14H22OS/c1-3-13(4-2)14-7-5-12(6-8-14)11-16-10-9-15/h5-8,13,15H,3-4,9-11H2,1-2H3. The molecule has 1 rings (SSSR count). The van der Waals surface area contributed by atoms with E-state index in [4.69, 9.17) is 5.11 Å². The van der Waals surface area contributed by atoms with Crippen molar-refractivity contribution in [2.45, 2.75) is 38.4 Å². The van der Waals surface area contributed by atoms with Crippen LogP contribution in [0.1, 0.15) is 43.7 Å². The smallest absolute Gasteiger partial charge is 0.0521 e. The molecule has 0 aliphatic rings. The molecule has 0 fully saturated rings. The van der Waals surface area contributed by atoms with Crippen molar-refractivity contribution in [3.8, 4) is 0 Å². The number of hydrogen-bond acceptors (Lipinski definition) is 2. The predicted molar refractivity (Wildman–Crippen MR) is 73.0 cm³/mol. The Morgan fingerprint density at radius 3 is 2.25 bits per heavy atom. The monoisotopic (exact) mass is 238 g/mol. The Kier molecular flexibility index (Phi) is 6.58. The van der Waals surface area contributed by atoms with Crippen LogP contribution in [0.5, 0.6) is 0 Å². The van der Waals surface area contributed by atoms with Crippen LogP contribution in [0.2, 0.25) is 0 Å². The van der Waals surface area contributed by atoms with Crippen LogP contribution in [0.25, 0.3) is 0 Å². The Hall–Kier alpha value is -0.470. The lowest BCUT2D eigenvalue weighted by Gasteiger charge is -2.13. The van der Waals surface area contributed by atoms with Crippen molar-refractivity contribution < 1.29 is 5.11 Å². The molecule has 90 valence electrons. The Morgan fingerprint density at radius 1 is 1.12 bits per heavy atom. The molecule has 1 nitrogen and oxygen atoms in total. The van der Waals surface area contributed by atoms with E-state index in [1.165, 1.54) is 24.0 Å². The highest BCUT2D eigenvalue weighted by molar-refractivity contribution is 7.98. The molecule has 0 saturated carbocycles. The maximum absolute atomic E-state index is 8.70. The molecule has 0 unspecified atom stereocenters. The van der Waals surface area contributed by atoms with E-state index >= 15 is 0 Å². The Morgan fingerprint density at radius 2 is 1.75 bits per heavy atom. The fourth-order valence-corrected chi connectivity index (χ4v) is 2.60. The normalized spacial score (nSPS) is 11.0. The summed E-state index contributed by atoms with van der Waals surface area (Å²) in [7, 11) is 0. The fourth-order valence-electron chi connectivity index (χ4n) is 1.90. The van der Waals surface area contributed by atoms with Gasteiger partial charge in [0.25, 0.3) is 0 Å². The first-order valence-electron chi connectivity index (χ1n) is 6.09. The second kappa shape index (κ2) is 7.75. The zero-order valence-corrected chi connectivity index (χ0v) is 11.1. The molecule has 0 aliphatic carbocycles. The molecule has 2 heteroatoms. The summed E-state index contributed by atoms with van der Waals surface area (Å²) in [5.74, 6) is 2.54. The molecule has 0 saturated heterocycles. The molecule has 0 aliphatic heterocycles. The van der Waals surface area contributed by atoms with Gasteiger partial charge in [-0.3, -0.25) is 0 Å². The molecule has 16 heavy (non-hydrogen) atoms. The van der Waals surface area contributed by atoms with Gasteiger partial charge in [0.05, 0.1) is 6.61 Å². The lowest BCUT2D eigenvalue weighted by Crippen LogP contribution is -1.95. The van der Waals surface area contributed by atoms with Gasteiger partial charge in [0.2, 0.25) is 0 Å². The molecule has 0 radical (unpaired) electrons. The molecular formula is C14H22OS. The molecule has 1 N–H and O–H groups in total. The highest BCUT2D eigenvalue weighted by Gasteiger charge is 2.05. The average molecular weight is 238 g/mol. The summed E-state index contributed by atoms with van der Waals surface area (Å²) in [6.45, 7) is 4.77. The van der Waals surface area contributed by atoms with Crippen LogP contribution in [0.3, 0.4) is 0 Å². The van der Waals surface area contributed by atoms with Crippen LogP contribution < -0.4 is 0 Å². The lowest BCUT2D eigenvalue weighted by molar-refractivity contribution is 0.322. The Balaban J connectivity index is 2.53. The predicted octanol–water partition coefficient (Wildman–Crippen LogP) is 3.82. The zero-order valence-electron chi connectivity index (χ0n) is 10.3. The second-order valence-electron chi connectivity index (χ2n) is 4.03. The highest BCUT2D eigenvalue weighted by atomic mass is 32.2. The fraction of sp³-hybridized carbons (Fsp3) is 0.571. The van der Waals surface area contributed by atoms with Gasteiger partial charge >= 0.3 is 0 Å². The quantitative estimate of drug-likeness (QED) is 0.729. The third kappa shape index (κ3) is 4.18. The first-order chi connectivity index (χ1) is 7.81. The van der Waals surface area contributed by atoms with Crippen LogP contribution in [-0.2, 0) is 5.75 Å². The summed E-state index contributed by atoms with van der Waals surface area (Å²) in [5.41, 5.74) is 2.81. The van der Waals surface area contributed by atoms with Gasteiger partial charge in [-0.05, 0) is 29.9 Å². The summed E-state index contributed by atoms with van der Waals surface area (Å²) in [6, 6.07) is 8.95. The minimum atomic E-state index is 0.274. The Labute approximate surface area is 103 Å². The van der Waals surface area contributed by atoms with Gasteiger partial charge in [-0.1, -0.05) is 38.1 Å². The van der Waals surface area contributed by atoms with Crippen molar-refractivity contribution in [2.75, 3.05) is 12.4 Å². The molecule has 1 aromatic rings. The average Bonchev–Trinajstić information content (AvgIpc) is 2.33. The van der Waals surface area contributed by atoms with Crippen LogP contribution in [-0.4, -0.2) is 17.5 Å². The van der Waals surface area contributed by atoms with Gasteiger partial charge in [0.1, 0.15) is 0 Å². The number of aliphatic hydroxyl groups excluding tert-OH is 1. The van der Waals surface area contributed by atoms with Crippen molar-refractivity contribution in [3.63, 3.8) is 0 Å². The van der Waals surface area contributed by atoms with Crippen LogP contribution in [0, 0.1) is 0 Å². The third-order valence-corrected chi connectivity index (χ3v) is 3.95. The number of thioether (sulfide) groups is 1. The molecule has 0 bridgehead atoms. The van der Waals surface area contributed by atoms with Crippen molar-refractivity contribution >= 4 is 11.8 Å². The minimum Gasteiger partial charge on any atom is -0.396 e. The van der Waals surface area contributed by atoms with Gasteiger partial charge in [0.15, 0.2) is 0 Å². The van der Waals surface area contributed by atoms with E-state index in [1.807, 2.05) is 0 Å². The molecule has 1 aromatic carbocycles. The molecule has 0 atom stereocenters. The van der Waals surface area contributed by atoms with E-state index in [0.717, 1.165) is 11.5 Å². The van der Waals surface area contributed by atoms with E-state index in [0.29, 0.717) is 5.92 Å². The molecule has 0 amide bonds. The van der Waals surface area contributed by atoms with Crippen molar-refractivity contribution in [1.29, 1.82) is 0 Å². The van der Waals surface area contributed by atoms with Gasteiger partial charge in [-0.25, -0.2) is 0 Å². The van der Waals surface area contributed by atoms with Crippen molar-refractivity contribution in [1.82, 2.24) is 0 Å². The van der Waals surface area contributed by atoms with Crippen molar-refractivity contribution in [3.05, 3.63) is 35.4 Å². The summed E-state index contributed by atoms with van der Waals surface area (Å²) in [4.78, 5) is 0. The molecule has 0 spiro atoms. The van der Waals surface area contributed by atoms with Gasteiger partial charge in [-0.2, -0.15) is 11.8 Å². The van der Waals surface area contributed by atoms with Gasteiger partial charge in [-0.15, -0.1) is 0 Å². The van der Waals surface area contributed by atoms with Crippen LogP contribution >= 0.6 is 11.8 Å². The number of benzene rings is 1. The lowest BCUT2D eigenvalue weighted by atomic mass is 9.93. The SMILES string of the molecule is CCC(CC)c1ccc(CSCCO)cc1. The topological polar surface area (TPSA) is 20.2 Å². The summed E-state index contributed by atoms with van der Waals surface area (Å²) in [5, 5.41) is 8.70. The van der Waals surface area contributed by atoms with E-state index in [2.05, 4.69) is 38.1 Å². The van der Waals surface area contributed by atoms with Gasteiger partial charge in [0, 0.05) is 11.5 Å². The van der Waals surface area contributed by atoms with Crippen molar-refractivity contribution in [2.24, 2.45) is 0 Å². The number of rotatable bonds is 7. The van der Waals surface area contributed by atoms with Crippen LogP contribution in [0.4, 0.5) is 0 Å². The summed E-state index contributed by atoms with van der Waals surface area (Å²) >= 11 is 1.78. The first-order valence-corrected chi connectivity index (χ1v) is 7.24. The molecule has 0 heterocycles. The molecule has 0 aromatic heterocycles. The number of aliphatic hydroxyl groups is 1. The maximum Gasteiger partial charge on any atom is 0.0521 e. The van der Waals surface area contributed by atoms with E-state index in [1.54, 1.807) is 11.8 Å². The van der Waals surface area contributed by atoms with E-state index in [-0.39, 0.29) is 6.61 Å². The third-order valence-electron chi connectivity index (χ3n) is 2.94. The summed E-state index contributed by atoms with van der Waals surface area (Å²) < 4.78 is 0.